The van der Waals surface area contributed by atoms with Gasteiger partial charge < -0.3 is 19.5 Å². The molecule has 0 saturated carbocycles. The fourth-order valence-corrected chi connectivity index (χ4v) is 2.80. The molecule has 1 N–H and O–H groups in total. The van der Waals surface area contributed by atoms with E-state index in [1.165, 1.54) is 0 Å². The Bertz CT molecular complexity index is 695. The van der Waals surface area contributed by atoms with Gasteiger partial charge in [0, 0.05) is 24.5 Å². The summed E-state index contributed by atoms with van der Waals surface area (Å²) in [5.74, 6) is 0.825. The standard InChI is InChI=1S/C16H20N4O2/c1-11-9-19(10-18-11)14-5-4-12(8-15(14)22-3)20-7-6-13(17-2)16(20)21/h4-5,8-10,13,17H,6-7H2,1-3H3. The summed E-state index contributed by atoms with van der Waals surface area (Å²) in [6.45, 7) is 2.66. The van der Waals surface area contributed by atoms with Gasteiger partial charge in [0.25, 0.3) is 0 Å². The maximum atomic E-state index is 12.3. The van der Waals surface area contributed by atoms with E-state index in [2.05, 4.69) is 10.3 Å². The lowest BCUT2D eigenvalue weighted by molar-refractivity contribution is -0.118. The minimum Gasteiger partial charge on any atom is -0.494 e. The maximum Gasteiger partial charge on any atom is 0.244 e. The minimum absolute atomic E-state index is 0.0954. The van der Waals surface area contributed by atoms with Crippen molar-refractivity contribution in [2.75, 3.05) is 25.6 Å². The summed E-state index contributed by atoms with van der Waals surface area (Å²) < 4.78 is 7.41. The second-order valence-corrected chi connectivity index (χ2v) is 5.40. The zero-order valence-electron chi connectivity index (χ0n) is 13.0. The Hall–Kier alpha value is -2.34. The maximum absolute atomic E-state index is 12.3. The van der Waals surface area contributed by atoms with E-state index in [1.807, 2.05) is 42.9 Å². The van der Waals surface area contributed by atoms with Crippen LogP contribution in [0.5, 0.6) is 5.75 Å². The smallest absolute Gasteiger partial charge is 0.244 e. The second-order valence-electron chi connectivity index (χ2n) is 5.40. The number of aryl methyl sites for hydroxylation is 1. The molecule has 22 heavy (non-hydrogen) atoms. The van der Waals surface area contributed by atoms with E-state index in [0.717, 1.165) is 35.8 Å². The van der Waals surface area contributed by atoms with Crippen LogP contribution in [-0.4, -0.2) is 42.2 Å². The molecule has 116 valence electrons. The number of nitrogens with one attached hydrogen (secondary N) is 1. The molecule has 0 spiro atoms. The first-order valence-corrected chi connectivity index (χ1v) is 7.31. The lowest BCUT2D eigenvalue weighted by Gasteiger charge is -2.19. The number of amides is 1. The van der Waals surface area contributed by atoms with Crippen LogP contribution in [0.1, 0.15) is 12.1 Å². The fraction of sp³-hybridized carbons (Fsp3) is 0.375. The molecule has 6 heteroatoms. The topological polar surface area (TPSA) is 59.4 Å². The first-order valence-electron chi connectivity index (χ1n) is 7.31. The van der Waals surface area contributed by atoms with E-state index in [9.17, 15) is 4.79 Å². The van der Waals surface area contributed by atoms with Gasteiger partial charge in [-0.2, -0.15) is 0 Å². The second kappa shape index (κ2) is 5.81. The Morgan fingerprint density at radius 1 is 1.41 bits per heavy atom. The lowest BCUT2D eigenvalue weighted by Crippen LogP contribution is -2.36. The van der Waals surface area contributed by atoms with Gasteiger partial charge in [-0.25, -0.2) is 4.98 Å². The van der Waals surface area contributed by atoms with E-state index in [4.69, 9.17) is 4.74 Å². The predicted octanol–water partition coefficient (Wildman–Crippen LogP) is 1.51. The molecule has 1 amide bonds. The third-order valence-electron chi connectivity index (χ3n) is 4.02. The quantitative estimate of drug-likeness (QED) is 0.930. The summed E-state index contributed by atoms with van der Waals surface area (Å²) in [7, 11) is 3.45. The van der Waals surface area contributed by atoms with Gasteiger partial charge in [-0.3, -0.25) is 4.79 Å². The lowest BCUT2D eigenvalue weighted by atomic mass is 10.2. The van der Waals surface area contributed by atoms with Crippen molar-refractivity contribution >= 4 is 11.6 Å². The van der Waals surface area contributed by atoms with Gasteiger partial charge in [0.05, 0.1) is 30.9 Å². The highest BCUT2D eigenvalue weighted by atomic mass is 16.5. The van der Waals surface area contributed by atoms with Crippen molar-refractivity contribution in [2.45, 2.75) is 19.4 Å². The number of methoxy groups -OCH3 is 1. The molecule has 6 nitrogen and oxygen atoms in total. The van der Waals surface area contributed by atoms with Crippen molar-refractivity contribution < 1.29 is 9.53 Å². The number of hydrogen-bond acceptors (Lipinski definition) is 4. The zero-order valence-corrected chi connectivity index (χ0v) is 13.0. The van der Waals surface area contributed by atoms with Crippen LogP contribution in [0.4, 0.5) is 5.69 Å². The SMILES string of the molecule is CNC1CCN(c2ccc(-n3cnc(C)c3)c(OC)c2)C1=O. The number of ether oxygens (including phenoxy) is 1. The molecule has 1 aromatic carbocycles. The predicted molar refractivity (Wildman–Crippen MR) is 84.7 cm³/mol. The Morgan fingerprint density at radius 2 is 2.23 bits per heavy atom. The summed E-state index contributed by atoms with van der Waals surface area (Å²) in [5, 5.41) is 3.05. The van der Waals surface area contributed by atoms with Gasteiger partial charge in [0.1, 0.15) is 5.75 Å². The van der Waals surface area contributed by atoms with Crippen LogP contribution in [0.25, 0.3) is 5.69 Å². The summed E-state index contributed by atoms with van der Waals surface area (Å²) >= 11 is 0. The highest BCUT2D eigenvalue weighted by Crippen LogP contribution is 2.30. The third-order valence-corrected chi connectivity index (χ3v) is 4.02. The number of likely N-dealkylation sites (N-methyl/N-ethyl adjacent to an activating group) is 1. The number of benzene rings is 1. The molecule has 2 aromatic rings. The fourth-order valence-electron chi connectivity index (χ4n) is 2.80. The Morgan fingerprint density at radius 3 is 2.82 bits per heavy atom. The van der Waals surface area contributed by atoms with Gasteiger partial charge >= 0.3 is 0 Å². The van der Waals surface area contributed by atoms with Gasteiger partial charge in [0.2, 0.25) is 5.91 Å². The van der Waals surface area contributed by atoms with E-state index in [0.29, 0.717) is 0 Å². The average Bonchev–Trinajstić information content (AvgIpc) is 3.12. The molecular formula is C16H20N4O2. The van der Waals surface area contributed by atoms with Crippen molar-refractivity contribution in [1.29, 1.82) is 0 Å². The van der Waals surface area contributed by atoms with Crippen LogP contribution < -0.4 is 15.0 Å². The van der Waals surface area contributed by atoms with Crippen LogP contribution in [-0.2, 0) is 4.79 Å². The number of carbonyl (C=O) groups is 1. The molecule has 1 saturated heterocycles. The molecule has 1 atom stereocenters. The number of anilines is 1. The highest BCUT2D eigenvalue weighted by Gasteiger charge is 2.31. The van der Waals surface area contributed by atoms with Crippen molar-refractivity contribution in [3.05, 3.63) is 36.4 Å². The van der Waals surface area contributed by atoms with Gasteiger partial charge in [-0.1, -0.05) is 0 Å². The van der Waals surface area contributed by atoms with Crippen molar-refractivity contribution in [3.8, 4) is 11.4 Å². The average molecular weight is 300 g/mol. The van der Waals surface area contributed by atoms with E-state index < -0.39 is 0 Å². The Labute approximate surface area is 129 Å². The third kappa shape index (κ3) is 2.46. The molecule has 0 bridgehead atoms. The van der Waals surface area contributed by atoms with Crippen LogP contribution in [0.3, 0.4) is 0 Å². The van der Waals surface area contributed by atoms with E-state index in [-0.39, 0.29) is 11.9 Å². The Kier molecular flexibility index (Phi) is 3.85. The molecule has 0 aliphatic carbocycles. The molecule has 1 aromatic heterocycles. The van der Waals surface area contributed by atoms with Crippen molar-refractivity contribution in [1.82, 2.24) is 14.9 Å². The van der Waals surface area contributed by atoms with Gasteiger partial charge in [-0.05, 0) is 32.5 Å². The number of carbonyl (C=O) groups excluding carboxylic acids is 1. The van der Waals surface area contributed by atoms with Crippen LogP contribution in [0.2, 0.25) is 0 Å². The first-order chi connectivity index (χ1) is 10.6. The van der Waals surface area contributed by atoms with E-state index >= 15 is 0 Å². The number of rotatable bonds is 4. The molecule has 1 unspecified atom stereocenters. The summed E-state index contributed by atoms with van der Waals surface area (Å²) in [6.07, 6.45) is 4.51. The van der Waals surface area contributed by atoms with Crippen molar-refractivity contribution in [3.63, 3.8) is 0 Å². The van der Waals surface area contributed by atoms with Gasteiger partial charge in [-0.15, -0.1) is 0 Å². The first kappa shape index (κ1) is 14.6. The van der Waals surface area contributed by atoms with Crippen LogP contribution in [0, 0.1) is 6.92 Å². The zero-order chi connectivity index (χ0) is 15.7. The number of hydrogen-bond donors (Lipinski definition) is 1. The monoisotopic (exact) mass is 300 g/mol. The summed E-state index contributed by atoms with van der Waals surface area (Å²) in [5.41, 5.74) is 2.71. The number of nitrogens with zero attached hydrogens (tertiary/aromatic N) is 3. The minimum atomic E-state index is -0.0954. The summed E-state index contributed by atoms with van der Waals surface area (Å²) in [4.78, 5) is 18.3. The normalized spacial score (nSPS) is 18.0. The molecule has 1 aliphatic rings. The molecule has 2 heterocycles. The molecule has 3 rings (SSSR count). The summed E-state index contributed by atoms with van der Waals surface area (Å²) in [6, 6.07) is 5.71. The Balaban J connectivity index is 1.94. The van der Waals surface area contributed by atoms with E-state index in [1.54, 1.807) is 18.3 Å². The van der Waals surface area contributed by atoms with Crippen LogP contribution in [0.15, 0.2) is 30.7 Å². The number of aromatic nitrogens is 2. The molecular weight excluding hydrogens is 280 g/mol. The molecule has 0 radical (unpaired) electrons. The van der Waals surface area contributed by atoms with Crippen LogP contribution >= 0.6 is 0 Å². The largest absolute Gasteiger partial charge is 0.494 e. The van der Waals surface area contributed by atoms with Crippen molar-refractivity contribution in [2.24, 2.45) is 0 Å². The molecule has 1 aliphatic heterocycles. The highest BCUT2D eigenvalue weighted by molar-refractivity contribution is 5.99. The molecule has 1 fully saturated rings. The van der Waals surface area contributed by atoms with Gasteiger partial charge in [0.15, 0.2) is 0 Å². The number of imidazole rings is 1.